The van der Waals surface area contributed by atoms with Gasteiger partial charge in [0.15, 0.2) is 0 Å². The van der Waals surface area contributed by atoms with Gasteiger partial charge in [0.25, 0.3) is 0 Å². The summed E-state index contributed by atoms with van der Waals surface area (Å²) in [6.45, 7) is 3.28. The van der Waals surface area contributed by atoms with Gasteiger partial charge in [0.1, 0.15) is 11.7 Å². The van der Waals surface area contributed by atoms with Gasteiger partial charge in [-0.15, -0.1) is 0 Å². The number of hydrogen-bond donors (Lipinski definition) is 2. The second-order valence-corrected chi connectivity index (χ2v) is 4.60. The fourth-order valence-electron chi connectivity index (χ4n) is 1.91. The number of pyridine rings is 1. The minimum Gasteiger partial charge on any atom is -0.384 e. The van der Waals surface area contributed by atoms with Crippen LogP contribution >= 0.6 is 0 Å². The molecule has 4 heteroatoms. The summed E-state index contributed by atoms with van der Waals surface area (Å²) in [6.07, 6.45) is 6.65. The molecule has 0 amide bonds. The van der Waals surface area contributed by atoms with Gasteiger partial charge in [-0.05, 0) is 31.4 Å². The molecule has 0 saturated heterocycles. The van der Waals surface area contributed by atoms with E-state index in [9.17, 15) is 0 Å². The van der Waals surface area contributed by atoms with E-state index in [1.807, 2.05) is 12.1 Å². The first kappa shape index (κ1) is 11.9. The van der Waals surface area contributed by atoms with Crippen molar-refractivity contribution in [1.82, 2.24) is 4.98 Å². The van der Waals surface area contributed by atoms with Crippen molar-refractivity contribution in [2.45, 2.75) is 38.6 Å². The molecule has 1 aliphatic carbocycles. The van der Waals surface area contributed by atoms with Crippen LogP contribution in [0, 0.1) is 5.41 Å². The molecule has 1 saturated carbocycles. The number of nitrogen functional groups attached to an aromatic ring is 1. The highest BCUT2D eigenvalue weighted by atomic mass is 15.2. The first-order valence-corrected chi connectivity index (χ1v) is 6.29. The Hall–Kier alpha value is -1.58. The van der Waals surface area contributed by atoms with Gasteiger partial charge in [-0.1, -0.05) is 13.3 Å². The largest absolute Gasteiger partial charge is 0.384 e. The lowest BCUT2D eigenvalue weighted by Crippen LogP contribution is -2.27. The molecule has 0 aliphatic heterocycles. The molecule has 0 aromatic carbocycles. The number of nitrogens with zero attached hydrogens (tertiary/aromatic N) is 2. The molecule has 1 heterocycles. The maximum Gasteiger partial charge on any atom is 0.128 e. The van der Waals surface area contributed by atoms with Gasteiger partial charge in [0.2, 0.25) is 0 Å². The summed E-state index contributed by atoms with van der Waals surface area (Å²) in [5.74, 6) is 1.10. The summed E-state index contributed by atoms with van der Waals surface area (Å²) < 4.78 is 0. The van der Waals surface area contributed by atoms with Crippen molar-refractivity contribution in [2.24, 2.45) is 5.73 Å². The SMILES string of the molecule is CCCCN(c1ccc(C(=N)N)cn1)C1CC1. The highest BCUT2D eigenvalue weighted by Gasteiger charge is 2.29. The normalized spacial score (nSPS) is 14.6. The third kappa shape index (κ3) is 2.96. The van der Waals surface area contributed by atoms with Crippen LogP contribution in [0.1, 0.15) is 38.2 Å². The summed E-state index contributed by atoms with van der Waals surface area (Å²) in [5, 5.41) is 7.35. The molecule has 1 fully saturated rings. The van der Waals surface area contributed by atoms with E-state index in [1.54, 1.807) is 6.20 Å². The summed E-state index contributed by atoms with van der Waals surface area (Å²) in [6, 6.07) is 4.54. The molecular formula is C13H20N4. The van der Waals surface area contributed by atoms with Crippen LogP contribution in [-0.4, -0.2) is 23.4 Å². The number of nitrogens with one attached hydrogen (secondary N) is 1. The topological polar surface area (TPSA) is 66.0 Å². The molecular weight excluding hydrogens is 212 g/mol. The lowest BCUT2D eigenvalue weighted by Gasteiger charge is -2.23. The lowest BCUT2D eigenvalue weighted by atomic mass is 10.2. The molecule has 1 aliphatic rings. The van der Waals surface area contributed by atoms with Crippen molar-refractivity contribution < 1.29 is 0 Å². The van der Waals surface area contributed by atoms with Crippen molar-refractivity contribution in [3.8, 4) is 0 Å². The minimum atomic E-state index is 0.0792. The number of anilines is 1. The van der Waals surface area contributed by atoms with E-state index >= 15 is 0 Å². The number of hydrogen-bond acceptors (Lipinski definition) is 3. The number of amidine groups is 1. The van der Waals surface area contributed by atoms with Crippen LogP contribution in [0.5, 0.6) is 0 Å². The van der Waals surface area contributed by atoms with E-state index in [0.717, 1.165) is 12.4 Å². The first-order valence-electron chi connectivity index (χ1n) is 6.29. The summed E-state index contributed by atoms with van der Waals surface area (Å²) in [5.41, 5.74) is 6.12. The highest BCUT2D eigenvalue weighted by Crippen LogP contribution is 2.30. The van der Waals surface area contributed by atoms with Crippen LogP contribution in [-0.2, 0) is 0 Å². The predicted octanol–water partition coefficient (Wildman–Crippen LogP) is 2.13. The van der Waals surface area contributed by atoms with E-state index in [1.165, 1.54) is 25.7 Å². The van der Waals surface area contributed by atoms with Gasteiger partial charge in [-0.2, -0.15) is 0 Å². The zero-order valence-electron chi connectivity index (χ0n) is 10.3. The Balaban J connectivity index is 2.09. The standard InChI is InChI=1S/C13H20N4/c1-2-3-8-17(11-5-6-11)12-7-4-10(9-16-12)13(14)15/h4,7,9,11H,2-3,5-6,8H2,1H3,(H3,14,15). The number of aromatic nitrogens is 1. The van der Waals surface area contributed by atoms with Crippen LogP contribution in [0.4, 0.5) is 5.82 Å². The maximum atomic E-state index is 7.35. The third-order valence-electron chi connectivity index (χ3n) is 3.09. The summed E-state index contributed by atoms with van der Waals surface area (Å²) >= 11 is 0. The minimum absolute atomic E-state index is 0.0792. The Labute approximate surface area is 102 Å². The maximum absolute atomic E-state index is 7.35. The molecule has 1 aromatic heterocycles. The average molecular weight is 232 g/mol. The monoisotopic (exact) mass is 232 g/mol. The quantitative estimate of drug-likeness (QED) is 0.583. The zero-order valence-corrected chi connectivity index (χ0v) is 10.3. The number of rotatable bonds is 6. The van der Waals surface area contributed by atoms with Gasteiger partial charge in [0.05, 0.1) is 0 Å². The lowest BCUT2D eigenvalue weighted by molar-refractivity contribution is 0.704. The van der Waals surface area contributed by atoms with Crippen LogP contribution < -0.4 is 10.6 Å². The van der Waals surface area contributed by atoms with E-state index in [-0.39, 0.29) is 5.84 Å². The summed E-state index contributed by atoms with van der Waals surface area (Å²) in [7, 11) is 0. The smallest absolute Gasteiger partial charge is 0.128 e. The zero-order chi connectivity index (χ0) is 12.3. The molecule has 0 radical (unpaired) electrons. The van der Waals surface area contributed by atoms with Crippen LogP contribution in [0.3, 0.4) is 0 Å². The Bertz CT molecular complexity index is 381. The van der Waals surface area contributed by atoms with Gasteiger partial charge >= 0.3 is 0 Å². The Morgan fingerprint density at radius 3 is 2.76 bits per heavy atom. The molecule has 0 bridgehead atoms. The highest BCUT2D eigenvalue weighted by molar-refractivity contribution is 5.94. The Morgan fingerprint density at radius 1 is 1.53 bits per heavy atom. The Kier molecular flexibility index (Phi) is 3.61. The molecule has 0 unspecified atom stereocenters. The fraction of sp³-hybridized carbons (Fsp3) is 0.538. The van der Waals surface area contributed by atoms with Crippen LogP contribution in [0.2, 0.25) is 0 Å². The predicted molar refractivity (Wildman–Crippen MR) is 70.5 cm³/mol. The summed E-state index contributed by atoms with van der Waals surface area (Å²) in [4.78, 5) is 6.80. The van der Waals surface area contributed by atoms with Gasteiger partial charge in [-0.3, -0.25) is 5.41 Å². The van der Waals surface area contributed by atoms with Crippen LogP contribution in [0.15, 0.2) is 18.3 Å². The van der Waals surface area contributed by atoms with Crippen LogP contribution in [0.25, 0.3) is 0 Å². The van der Waals surface area contributed by atoms with E-state index in [4.69, 9.17) is 11.1 Å². The van der Waals surface area contributed by atoms with Crippen molar-refractivity contribution in [3.05, 3.63) is 23.9 Å². The van der Waals surface area contributed by atoms with Crippen molar-refractivity contribution >= 4 is 11.7 Å². The molecule has 17 heavy (non-hydrogen) atoms. The fourth-order valence-corrected chi connectivity index (χ4v) is 1.91. The van der Waals surface area contributed by atoms with Gasteiger partial charge in [-0.25, -0.2) is 4.98 Å². The van der Waals surface area contributed by atoms with Crippen molar-refractivity contribution in [2.75, 3.05) is 11.4 Å². The first-order chi connectivity index (χ1) is 8.22. The molecule has 0 spiro atoms. The molecule has 2 rings (SSSR count). The van der Waals surface area contributed by atoms with E-state index in [2.05, 4.69) is 16.8 Å². The molecule has 92 valence electrons. The van der Waals surface area contributed by atoms with E-state index in [0.29, 0.717) is 11.6 Å². The Morgan fingerprint density at radius 2 is 2.29 bits per heavy atom. The second-order valence-electron chi connectivity index (χ2n) is 4.60. The van der Waals surface area contributed by atoms with Crippen molar-refractivity contribution in [3.63, 3.8) is 0 Å². The molecule has 1 aromatic rings. The third-order valence-corrected chi connectivity index (χ3v) is 3.09. The van der Waals surface area contributed by atoms with Crippen molar-refractivity contribution in [1.29, 1.82) is 5.41 Å². The molecule has 0 atom stereocenters. The molecule has 4 nitrogen and oxygen atoms in total. The second kappa shape index (κ2) is 5.17. The number of unbranched alkanes of at least 4 members (excludes halogenated alkanes) is 1. The number of nitrogens with two attached hydrogens (primary N) is 1. The average Bonchev–Trinajstić information content (AvgIpc) is 3.14. The van der Waals surface area contributed by atoms with E-state index < -0.39 is 0 Å². The van der Waals surface area contributed by atoms with Gasteiger partial charge in [0, 0.05) is 24.3 Å². The van der Waals surface area contributed by atoms with Gasteiger partial charge < -0.3 is 10.6 Å². The molecule has 3 N–H and O–H groups in total.